The van der Waals surface area contributed by atoms with Gasteiger partial charge in [-0.15, -0.1) is 10.2 Å². The summed E-state index contributed by atoms with van der Waals surface area (Å²) in [5, 5.41) is 16.3. The summed E-state index contributed by atoms with van der Waals surface area (Å²) in [6, 6.07) is 13.1. The predicted octanol–water partition coefficient (Wildman–Crippen LogP) is 1.22. The van der Waals surface area contributed by atoms with E-state index in [1.54, 1.807) is 48.5 Å². The highest BCUT2D eigenvalue weighted by atomic mass is 16.2. The lowest BCUT2D eigenvalue weighted by Gasteiger charge is -2.06. The summed E-state index contributed by atoms with van der Waals surface area (Å²) >= 11 is 0. The standard InChI is InChI=1S/C15H12N6O2/c16-13(22)9-5-7-12(8-6-9)17-15(23)11-3-1-10(2-4-11)14-18-20-21-19-14/h1-8H,(H2,16,22)(H,17,23)(H,18,19,20,21). The zero-order valence-corrected chi connectivity index (χ0v) is 11.9. The molecule has 0 saturated heterocycles. The van der Waals surface area contributed by atoms with E-state index in [0.717, 1.165) is 5.56 Å². The summed E-state index contributed by atoms with van der Waals surface area (Å²) < 4.78 is 0. The fraction of sp³-hybridized carbons (Fsp3) is 0. The first kappa shape index (κ1) is 14.4. The number of anilines is 1. The molecule has 0 unspecified atom stereocenters. The number of amides is 2. The minimum atomic E-state index is -0.514. The molecular weight excluding hydrogens is 296 g/mol. The molecule has 0 radical (unpaired) electrons. The van der Waals surface area contributed by atoms with Crippen molar-refractivity contribution < 1.29 is 9.59 Å². The van der Waals surface area contributed by atoms with E-state index in [-0.39, 0.29) is 5.91 Å². The number of benzene rings is 2. The van der Waals surface area contributed by atoms with Crippen molar-refractivity contribution in [2.24, 2.45) is 5.73 Å². The van der Waals surface area contributed by atoms with E-state index in [9.17, 15) is 9.59 Å². The zero-order valence-electron chi connectivity index (χ0n) is 11.9. The van der Waals surface area contributed by atoms with Gasteiger partial charge < -0.3 is 11.1 Å². The number of H-pyrrole nitrogens is 1. The topological polar surface area (TPSA) is 127 Å². The minimum Gasteiger partial charge on any atom is -0.366 e. The number of primary amides is 1. The number of aromatic amines is 1. The van der Waals surface area contributed by atoms with Gasteiger partial charge in [-0.2, -0.15) is 5.21 Å². The Bertz CT molecular complexity index is 825. The number of nitrogens with zero attached hydrogens (tertiary/aromatic N) is 3. The first-order valence-corrected chi connectivity index (χ1v) is 6.68. The van der Waals surface area contributed by atoms with Crippen molar-refractivity contribution in [1.29, 1.82) is 0 Å². The number of nitrogens with one attached hydrogen (secondary N) is 2. The van der Waals surface area contributed by atoms with Crippen LogP contribution in [-0.2, 0) is 0 Å². The molecule has 3 aromatic rings. The number of tetrazole rings is 1. The summed E-state index contributed by atoms with van der Waals surface area (Å²) in [6.45, 7) is 0. The molecule has 8 heteroatoms. The fourth-order valence-corrected chi connectivity index (χ4v) is 1.98. The van der Waals surface area contributed by atoms with E-state index in [4.69, 9.17) is 5.73 Å². The molecule has 8 nitrogen and oxygen atoms in total. The van der Waals surface area contributed by atoms with Crippen molar-refractivity contribution in [3.63, 3.8) is 0 Å². The quantitative estimate of drug-likeness (QED) is 0.668. The van der Waals surface area contributed by atoms with Gasteiger partial charge in [-0.3, -0.25) is 9.59 Å². The number of carbonyl (C=O) groups is 2. The smallest absolute Gasteiger partial charge is 0.255 e. The average molecular weight is 308 g/mol. The Kier molecular flexibility index (Phi) is 3.79. The second-order valence-corrected chi connectivity index (χ2v) is 4.71. The number of nitrogens with two attached hydrogens (primary N) is 1. The van der Waals surface area contributed by atoms with Gasteiger partial charge in [-0.1, -0.05) is 12.1 Å². The lowest BCUT2D eigenvalue weighted by Crippen LogP contribution is -2.13. The molecular formula is C15H12N6O2. The molecule has 0 saturated carbocycles. The van der Waals surface area contributed by atoms with Crippen LogP contribution in [-0.4, -0.2) is 32.4 Å². The molecule has 0 fully saturated rings. The third-order valence-corrected chi connectivity index (χ3v) is 3.18. The summed E-state index contributed by atoms with van der Waals surface area (Å²) in [7, 11) is 0. The molecule has 114 valence electrons. The van der Waals surface area contributed by atoms with Crippen LogP contribution in [0, 0.1) is 0 Å². The van der Waals surface area contributed by atoms with Crippen molar-refractivity contribution in [1.82, 2.24) is 20.6 Å². The molecule has 4 N–H and O–H groups in total. The van der Waals surface area contributed by atoms with E-state index >= 15 is 0 Å². The maximum absolute atomic E-state index is 12.2. The number of aromatic nitrogens is 4. The molecule has 2 aromatic carbocycles. The molecule has 0 aliphatic carbocycles. The largest absolute Gasteiger partial charge is 0.366 e. The van der Waals surface area contributed by atoms with Crippen LogP contribution in [0.5, 0.6) is 0 Å². The molecule has 0 aliphatic rings. The van der Waals surface area contributed by atoms with Crippen LogP contribution in [0.3, 0.4) is 0 Å². The van der Waals surface area contributed by atoms with Crippen LogP contribution in [0.4, 0.5) is 5.69 Å². The first-order valence-electron chi connectivity index (χ1n) is 6.68. The Balaban J connectivity index is 1.71. The SMILES string of the molecule is NC(=O)c1ccc(NC(=O)c2ccc(-c3nn[nH]n3)cc2)cc1. The number of carbonyl (C=O) groups excluding carboxylic acids is 2. The molecule has 1 heterocycles. The van der Waals surface area contributed by atoms with E-state index in [2.05, 4.69) is 25.9 Å². The van der Waals surface area contributed by atoms with Gasteiger partial charge in [0.1, 0.15) is 0 Å². The van der Waals surface area contributed by atoms with Gasteiger partial charge in [0.25, 0.3) is 5.91 Å². The van der Waals surface area contributed by atoms with Gasteiger partial charge in [0.05, 0.1) is 0 Å². The van der Waals surface area contributed by atoms with Crippen LogP contribution in [0.15, 0.2) is 48.5 Å². The Hall–Kier alpha value is -3.55. The van der Waals surface area contributed by atoms with Crippen molar-refractivity contribution in [2.75, 3.05) is 5.32 Å². The van der Waals surface area contributed by atoms with Gasteiger partial charge in [-0.05, 0) is 41.6 Å². The molecule has 23 heavy (non-hydrogen) atoms. The van der Waals surface area contributed by atoms with Crippen LogP contribution >= 0.6 is 0 Å². The number of rotatable bonds is 4. The first-order chi connectivity index (χ1) is 11.1. The lowest BCUT2D eigenvalue weighted by atomic mass is 10.1. The number of hydrogen-bond acceptors (Lipinski definition) is 5. The summed E-state index contributed by atoms with van der Waals surface area (Å²) in [4.78, 5) is 23.2. The Morgan fingerprint density at radius 3 is 2.17 bits per heavy atom. The molecule has 2 amide bonds. The molecule has 3 rings (SSSR count). The van der Waals surface area contributed by atoms with Gasteiger partial charge in [-0.25, -0.2) is 0 Å². The highest BCUT2D eigenvalue weighted by Gasteiger charge is 2.08. The second-order valence-electron chi connectivity index (χ2n) is 4.71. The third-order valence-electron chi connectivity index (χ3n) is 3.18. The minimum absolute atomic E-state index is 0.267. The summed E-state index contributed by atoms with van der Waals surface area (Å²) in [5.41, 5.74) is 7.35. The molecule has 0 atom stereocenters. The van der Waals surface area contributed by atoms with Crippen LogP contribution < -0.4 is 11.1 Å². The predicted molar refractivity (Wildman–Crippen MR) is 82.5 cm³/mol. The van der Waals surface area contributed by atoms with Crippen LogP contribution in [0.2, 0.25) is 0 Å². The van der Waals surface area contributed by atoms with Crippen molar-refractivity contribution in [2.45, 2.75) is 0 Å². The van der Waals surface area contributed by atoms with Gasteiger partial charge >= 0.3 is 0 Å². The second kappa shape index (κ2) is 6.06. The van der Waals surface area contributed by atoms with E-state index < -0.39 is 5.91 Å². The van der Waals surface area contributed by atoms with E-state index in [1.165, 1.54) is 0 Å². The van der Waals surface area contributed by atoms with Crippen LogP contribution in [0.1, 0.15) is 20.7 Å². The third kappa shape index (κ3) is 3.21. The maximum atomic E-state index is 12.2. The van der Waals surface area contributed by atoms with Crippen molar-refractivity contribution in [3.8, 4) is 11.4 Å². The Morgan fingerprint density at radius 2 is 1.61 bits per heavy atom. The van der Waals surface area contributed by atoms with E-state index in [0.29, 0.717) is 22.6 Å². The Labute approximate surface area is 130 Å². The molecule has 0 spiro atoms. The highest BCUT2D eigenvalue weighted by molar-refractivity contribution is 6.04. The van der Waals surface area contributed by atoms with Gasteiger partial charge in [0.2, 0.25) is 11.7 Å². The number of hydrogen-bond donors (Lipinski definition) is 3. The zero-order chi connectivity index (χ0) is 16.2. The van der Waals surface area contributed by atoms with Gasteiger partial charge in [0.15, 0.2) is 0 Å². The summed E-state index contributed by atoms with van der Waals surface area (Å²) in [5.74, 6) is -0.324. The Morgan fingerprint density at radius 1 is 0.957 bits per heavy atom. The lowest BCUT2D eigenvalue weighted by molar-refractivity contribution is 0.0998. The molecule has 1 aromatic heterocycles. The molecule has 0 bridgehead atoms. The van der Waals surface area contributed by atoms with E-state index in [1.807, 2.05) is 0 Å². The maximum Gasteiger partial charge on any atom is 0.255 e. The van der Waals surface area contributed by atoms with Crippen molar-refractivity contribution in [3.05, 3.63) is 59.7 Å². The van der Waals surface area contributed by atoms with Crippen LogP contribution in [0.25, 0.3) is 11.4 Å². The van der Waals surface area contributed by atoms with Gasteiger partial charge in [0, 0.05) is 22.4 Å². The van der Waals surface area contributed by atoms with Crippen molar-refractivity contribution >= 4 is 17.5 Å². The normalized spacial score (nSPS) is 10.3. The average Bonchev–Trinajstić information content (AvgIpc) is 3.10. The molecule has 0 aliphatic heterocycles. The fourth-order valence-electron chi connectivity index (χ4n) is 1.98. The summed E-state index contributed by atoms with van der Waals surface area (Å²) in [6.07, 6.45) is 0. The highest BCUT2D eigenvalue weighted by Crippen LogP contribution is 2.16. The monoisotopic (exact) mass is 308 g/mol.